The molecule has 0 radical (unpaired) electrons. The molecule has 0 aliphatic rings. The lowest BCUT2D eigenvalue weighted by atomic mass is 10.2. The van der Waals surface area contributed by atoms with Gasteiger partial charge in [0.2, 0.25) is 0 Å². The Morgan fingerprint density at radius 2 is 2.07 bits per heavy atom. The van der Waals surface area contributed by atoms with Crippen LogP contribution in [-0.4, -0.2) is 19.9 Å². The highest BCUT2D eigenvalue weighted by atomic mass is 35.5. The molecule has 0 unspecified atom stereocenters. The zero-order valence-corrected chi connectivity index (χ0v) is 9.39. The summed E-state index contributed by atoms with van der Waals surface area (Å²) in [6.07, 6.45) is 0. The maximum Gasteiger partial charge on any atom is 0.161 e. The Morgan fingerprint density at radius 3 is 2.67 bits per heavy atom. The van der Waals surface area contributed by atoms with Gasteiger partial charge in [-0.2, -0.15) is 0 Å². The van der Waals surface area contributed by atoms with Gasteiger partial charge in [0.15, 0.2) is 11.5 Å². The van der Waals surface area contributed by atoms with Crippen molar-refractivity contribution in [2.45, 2.75) is 12.8 Å². The van der Waals surface area contributed by atoms with E-state index in [4.69, 9.17) is 21.1 Å². The lowest BCUT2D eigenvalue weighted by Gasteiger charge is -2.11. The summed E-state index contributed by atoms with van der Waals surface area (Å²) < 4.78 is 22.5. The molecule has 0 atom stereocenters. The fraction of sp³-hybridized carbons (Fsp3) is 0.455. The topological polar surface area (TPSA) is 18.5 Å². The average molecular weight is 233 g/mol. The van der Waals surface area contributed by atoms with Gasteiger partial charge in [-0.05, 0) is 24.6 Å². The maximum atomic E-state index is 12.0. The van der Waals surface area contributed by atoms with Crippen LogP contribution >= 0.6 is 11.6 Å². The van der Waals surface area contributed by atoms with Crippen molar-refractivity contribution in [2.24, 2.45) is 0 Å². The molecule has 0 fully saturated rings. The Morgan fingerprint density at radius 1 is 1.27 bits per heavy atom. The van der Waals surface area contributed by atoms with Crippen LogP contribution in [0.5, 0.6) is 11.5 Å². The third kappa shape index (κ3) is 3.59. The van der Waals surface area contributed by atoms with Gasteiger partial charge >= 0.3 is 0 Å². The Kier molecular flexibility index (Phi) is 5.26. The van der Waals surface area contributed by atoms with E-state index in [9.17, 15) is 4.39 Å². The van der Waals surface area contributed by atoms with Crippen LogP contribution in [0.15, 0.2) is 18.2 Å². The van der Waals surface area contributed by atoms with Gasteiger partial charge in [0, 0.05) is 5.88 Å². The van der Waals surface area contributed by atoms with Crippen molar-refractivity contribution in [3.63, 3.8) is 0 Å². The molecule has 0 heterocycles. The van der Waals surface area contributed by atoms with Gasteiger partial charge < -0.3 is 9.47 Å². The predicted octanol–water partition coefficient (Wildman–Crippen LogP) is 3.17. The third-order valence-corrected chi connectivity index (χ3v) is 2.11. The highest BCUT2D eigenvalue weighted by molar-refractivity contribution is 6.17. The molecule has 2 nitrogen and oxygen atoms in total. The molecule has 1 aromatic carbocycles. The van der Waals surface area contributed by atoms with Gasteiger partial charge in [-0.15, -0.1) is 11.6 Å². The summed E-state index contributed by atoms with van der Waals surface area (Å²) in [5.41, 5.74) is 0.952. The summed E-state index contributed by atoms with van der Waals surface area (Å²) in [5.74, 6) is 1.59. The summed E-state index contributed by atoms with van der Waals surface area (Å²) in [6, 6.07) is 5.39. The summed E-state index contributed by atoms with van der Waals surface area (Å²) in [4.78, 5) is 0. The van der Waals surface area contributed by atoms with E-state index in [0.29, 0.717) is 24.0 Å². The monoisotopic (exact) mass is 232 g/mol. The van der Waals surface area contributed by atoms with Crippen LogP contribution in [0.25, 0.3) is 0 Å². The van der Waals surface area contributed by atoms with E-state index in [2.05, 4.69) is 0 Å². The fourth-order valence-electron chi connectivity index (χ4n) is 1.17. The first-order chi connectivity index (χ1) is 7.31. The second kappa shape index (κ2) is 6.51. The minimum absolute atomic E-state index is 0.0420. The molecule has 0 saturated carbocycles. The zero-order chi connectivity index (χ0) is 11.1. The quantitative estimate of drug-likeness (QED) is 0.702. The molecule has 1 rings (SSSR count). The Hall–Kier alpha value is -0.960. The van der Waals surface area contributed by atoms with Crippen LogP contribution in [0.3, 0.4) is 0 Å². The lowest BCUT2D eigenvalue weighted by molar-refractivity contribution is 0.251. The molecule has 0 bridgehead atoms. The molecular formula is C11H14ClFO2. The van der Waals surface area contributed by atoms with E-state index < -0.39 is 6.67 Å². The van der Waals surface area contributed by atoms with Crippen LogP contribution < -0.4 is 9.47 Å². The number of benzene rings is 1. The molecule has 0 spiro atoms. The van der Waals surface area contributed by atoms with Crippen molar-refractivity contribution in [1.29, 1.82) is 0 Å². The maximum absolute atomic E-state index is 12.0. The van der Waals surface area contributed by atoms with Crippen LogP contribution in [0.2, 0.25) is 0 Å². The van der Waals surface area contributed by atoms with Crippen LogP contribution in [0.4, 0.5) is 4.39 Å². The lowest BCUT2D eigenvalue weighted by Crippen LogP contribution is -2.02. The van der Waals surface area contributed by atoms with Crippen LogP contribution in [0, 0.1) is 0 Å². The number of alkyl halides is 2. The van der Waals surface area contributed by atoms with Crippen molar-refractivity contribution in [2.75, 3.05) is 19.9 Å². The number of hydrogen-bond acceptors (Lipinski definition) is 2. The van der Waals surface area contributed by atoms with Gasteiger partial charge in [-0.25, -0.2) is 4.39 Å². The Labute approximate surface area is 94.0 Å². The van der Waals surface area contributed by atoms with E-state index >= 15 is 0 Å². The van der Waals surface area contributed by atoms with Gasteiger partial charge in [-0.3, -0.25) is 0 Å². The van der Waals surface area contributed by atoms with Crippen molar-refractivity contribution < 1.29 is 13.9 Å². The smallest absolute Gasteiger partial charge is 0.161 e. The number of ether oxygens (including phenoxy) is 2. The molecule has 0 amide bonds. The van der Waals surface area contributed by atoms with Crippen molar-refractivity contribution in [3.05, 3.63) is 23.8 Å². The first kappa shape index (κ1) is 12.1. The van der Waals surface area contributed by atoms with E-state index in [0.717, 1.165) is 5.56 Å². The Bertz CT molecular complexity index is 305. The van der Waals surface area contributed by atoms with Gasteiger partial charge in [0.05, 0.1) is 6.61 Å². The van der Waals surface area contributed by atoms with E-state index in [1.54, 1.807) is 6.07 Å². The minimum Gasteiger partial charge on any atom is -0.490 e. The SMILES string of the molecule is CCOc1cc(CCl)ccc1OCCF. The van der Waals surface area contributed by atoms with E-state index in [-0.39, 0.29) is 6.61 Å². The highest BCUT2D eigenvalue weighted by Crippen LogP contribution is 2.28. The molecule has 4 heteroatoms. The molecular weight excluding hydrogens is 219 g/mol. The third-order valence-electron chi connectivity index (χ3n) is 1.80. The summed E-state index contributed by atoms with van der Waals surface area (Å²) in [5, 5.41) is 0. The normalized spacial score (nSPS) is 10.1. The second-order valence-corrected chi connectivity index (χ2v) is 3.15. The predicted molar refractivity (Wildman–Crippen MR) is 58.6 cm³/mol. The minimum atomic E-state index is -0.511. The van der Waals surface area contributed by atoms with Crippen LogP contribution in [0.1, 0.15) is 12.5 Å². The fourth-order valence-corrected chi connectivity index (χ4v) is 1.34. The number of halogens is 2. The first-order valence-electron chi connectivity index (χ1n) is 4.82. The first-order valence-corrected chi connectivity index (χ1v) is 5.35. The molecule has 1 aromatic rings. The second-order valence-electron chi connectivity index (χ2n) is 2.89. The van der Waals surface area contributed by atoms with Crippen molar-refractivity contribution >= 4 is 11.6 Å². The van der Waals surface area contributed by atoms with Crippen LogP contribution in [-0.2, 0) is 5.88 Å². The number of hydrogen-bond donors (Lipinski definition) is 0. The molecule has 0 aliphatic carbocycles. The van der Waals surface area contributed by atoms with E-state index in [1.165, 1.54) is 0 Å². The largest absolute Gasteiger partial charge is 0.490 e. The van der Waals surface area contributed by atoms with Crippen molar-refractivity contribution in [1.82, 2.24) is 0 Å². The van der Waals surface area contributed by atoms with Crippen molar-refractivity contribution in [3.8, 4) is 11.5 Å². The Balaban J connectivity index is 2.82. The molecule has 15 heavy (non-hydrogen) atoms. The molecule has 0 saturated heterocycles. The number of rotatable bonds is 6. The van der Waals surface area contributed by atoms with Gasteiger partial charge in [0.1, 0.15) is 13.3 Å². The van der Waals surface area contributed by atoms with Gasteiger partial charge in [-0.1, -0.05) is 6.07 Å². The highest BCUT2D eigenvalue weighted by Gasteiger charge is 2.05. The molecule has 0 N–H and O–H groups in total. The average Bonchev–Trinajstić information content (AvgIpc) is 2.27. The van der Waals surface area contributed by atoms with E-state index in [1.807, 2.05) is 19.1 Å². The summed E-state index contributed by atoms with van der Waals surface area (Å²) in [6.45, 7) is 1.95. The molecule has 84 valence electrons. The standard InChI is InChI=1S/C11H14ClFO2/c1-2-14-11-7-9(8-12)3-4-10(11)15-6-5-13/h3-4,7H,2,5-6,8H2,1H3. The molecule has 0 aromatic heterocycles. The van der Waals surface area contributed by atoms with Gasteiger partial charge in [0.25, 0.3) is 0 Å². The zero-order valence-electron chi connectivity index (χ0n) is 8.63. The molecule has 0 aliphatic heterocycles. The summed E-state index contributed by atoms with van der Waals surface area (Å²) in [7, 11) is 0. The summed E-state index contributed by atoms with van der Waals surface area (Å²) >= 11 is 5.70.